The molecule has 1 N–H and O–H groups in total. The summed E-state index contributed by atoms with van der Waals surface area (Å²) in [6.45, 7) is 6.10. The number of carbonyl (C=O) groups excluding carboxylic acids is 3. The minimum absolute atomic E-state index is 0.253. The van der Waals surface area contributed by atoms with Crippen molar-refractivity contribution in [1.82, 2.24) is 9.88 Å². The predicted molar refractivity (Wildman–Crippen MR) is 106 cm³/mol. The van der Waals surface area contributed by atoms with Crippen molar-refractivity contribution in [2.45, 2.75) is 33.7 Å². The molecule has 0 atom stereocenters. The monoisotopic (exact) mass is 434 g/mol. The largest absolute Gasteiger partial charge is 0.456 e. The van der Waals surface area contributed by atoms with E-state index in [1.807, 2.05) is 19.9 Å². The first kappa shape index (κ1) is 20.9. The number of benzene rings is 1. The lowest BCUT2D eigenvalue weighted by Gasteiger charge is -2.08. The molecule has 0 spiro atoms. The Morgan fingerprint density at radius 3 is 2.59 bits per heavy atom. The van der Waals surface area contributed by atoms with Crippen molar-refractivity contribution in [3.8, 4) is 0 Å². The second kappa shape index (κ2) is 9.50. The van der Waals surface area contributed by atoms with Gasteiger partial charge in [-0.1, -0.05) is 28.9 Å². The molecule has 0 saturated heterocycles. The summed E-state index contributed by atoms with van der Waals surface area (Å²) in [4.78, 5) is 36.2. The summed E-state index contributed by atoms with van der Waals surface area (Å²) in [6, 6.07) is 8.63. The van der Waals surface area contributed by atoms with Crippen LogP contribution >= 0.6 is 15.9 Å². The fourth-order valence-corrected chi connectivity index (χ4v) is 3.21. The zero-order chi connectivity index (χ0) is 20.0. The minimum atomic E-state index is -0.658. The number of aryl methyl sites for hydroxylation is 1. The number of hydrogen-bond acceptors (Lipinski definition) is 4. The number of halogens is 1. The van der Waals surface area contributed by atoms with Crippen LogP contribution in [0.1, 0.15) is 45.4 Å². The van der Waals surface area contributed by atoms with Gasteiger partial charge in [-0.25, -0.2) is 0 Å². The molecule has 0 aliphatic rings. The highest BCUT2D eigenvalue weighted by molar-refractivity contribution is 9.10. The second-order valence-corrected chi connectivity index (χ2v) is 7.13. The first-order valence-electron chi connectivity index (χ1n) is 8.72. The molecule has 1 aromatic heterocycles. The van der Waals surface area contributed by atoms with Gasteiger partial charge in [-0.15, -0.1) is 0 Å². The van der Waals surface area contributed by atoms with Crippen molar-refractivity contribution < 1.29 is 19.1 Å². The van der Waals surface area contributed by atoms with E-state index in [1.165, 1.54) is 0 Å². The maximum atomic E-state index is 12.4. The quantitative estimate of drug-likeness (QED) is 0.509. The van der Waals surface area contributed by atoms with Gasteiger partial charge in [0.2, 0.25) is 5.78 Å². The van der Waals surface area contributed by atoms with Gasteiger partial charge in [-0.3, -0.25) is 14.4 Å². The molecule has 0 radical (unpaired) electrons. The Morgan fingerprint density at radius 2 is 1.93 bits per heavy atom. The molecule has 0 bridgehead atoms. The van der Waals surface area contributed by atoms with Crippen molar-refractivity contribution in [1.29, 1.82) is 0 Å². The first-order valence-corrected chi connectivity index (χ1v) is 9.52. The number of hydrogen-bond donors (Lipinski definition) is 1. The van der Waals surface area contributed by atoms with Crippen molar-refractivity contribution in [2.75, 3.05) is 13.2 Å². The molecule has 1 amide bonds. The van der Waals surface area contributed by atoms with Crippen LogP contribution in [0.3, 0.4) is 0 Å². The van der Waals surface area contributed by atoms with Crippen LogP contribution in [0.25, 0.3) is 0 Å². The molecule has 144 valence electrons. The van der Waals surface area contributed by atoms with Crippen LogP contribution in [0.4, 0.5) is 0 Å². The predicted octanol–water partition coefficient (Wildman–Crippen LogP) is 3.43. The molecule has 0 aliphatic carbocycles. The van der Waals surface area contributed by atoms with Crippen LogP contribution in [0, 0.1) is 13.8 Å². The Hall–Kier alpha value is -2.41. The lowest BCUT2D eigenvalue weighted by Crippen LogP contribution is -2.31. The maximum Gasteiger partial charge on any atom is 0.325 e. The number of rotatable bonds is 8. The van der Waals surface area contributed by atoms with Gasteiger partial charge >= 0.3 is 5.97 Å². The number of aromatic nitrogens is 1. The topological polar surface area (TPSA) is 77.4 Å². The van der Waals surface area contributed by atoms with E-state index in [0.717, 1.165) is 28.8 Å². The summed E-state index contributed by atoms with van der Waals surface area (Å²) in [7, 11) is 0. The van der Waals surface area contributed by atoms with Gasteiger partial charge in [0.1, 0.15) is 6.54 Å². The lowest BCUT2D eigenvalue weighted by atomic mass is 10.1. The zero-order valence-electron chi connectivity index (χ0n) is 15.7. The normalized spacial score (nSPS) is 10.5. The maximum absolute atomic E-state index is 12.4. The number of Topliss-reactive ketones (excluding diaryl/α,β-unsaturated/α-hetero) is 1. The number of nitrogens with one attached hydrogen (secondary N) is 1. The summed E-state index contributed by atoms with van der Waals surface area (Å²) in [6.07, 6.45) is 0.969. The molecular weight excluding hydrogens is 412 g/mol. The van der Waals surface area contributed by atoms with Crippen molar-refractivity contribution in [3.63, 3.8) is 0 Å². The van der Waals surface area contributed by atoms with Gasteiger partial charge in [-0.05, 0) is 44.5 Å². The van der Waals surface area contributed by atoms with E-state index in [9.17, 15) is 14.4 Å². The Labute approximate surface area is 167 Å². The van der Waals surface area contributed by atoms with Crippen LogP contribution < -0.4 is 5.32 Å². The van der Waals surface area contributed by atoms with E-state index < -0.39 is 5.97 Å². The molecule has 2 aromatic rings. The molecule has 7 heteroatoms. The Balaban J connectivity index is 1.86. The molecule has 2 rings (SSSR count). The fraction of sp³-hybridized carbons (Fsp3) is 0.350. The molecule has 0 unspecified atom stereocenters. The zero-order valence-corrected chi connectivity index (χ0v) is 17.3. The Kier molecular flexibility index (Phi) is 7.36. The fourth-order valence-electron chi connectivity index (χ4n) is 2.81. The number of ether oxygens (including phenoxy) is 1. The van der Waals surface area contributed by atoms with Crippen LogP contribution in [-0.2, 0) is 16.1 Å². The molecular formula is C20H23BrN2O4. The average Bonchev–Trinajstić information content (AvgIpc) is 2.92. The minimum Gasteiger partial charge on any atom is -0.456 e. The van der Waals surface area contributed by atoms with Gasteiger partial charge in [0.15, 0.2) is 6.61 Å². The molecule has 1 heterocycles. The van der Waals surface area contributed by atoms with Crippen LogP contribution in [0.5, 0.6) is 0 Å². The third kappa shape index (κ3) is 5.53. The van der Waals surface area contributed by atoms with Gasteiger partial charge in [0, 0.05) is 33.5 Å². The van der Waals surface area contributed by atoms with Crippen LogP contribution in [0.15, 0.2) is 34.8 Å². The molecule has 27 heavy (non-hydrogen) atoms. The highest BCUT2D eigenvalue weighted by atomic mass is 79.9. The smallest absolute Gasteiger partial charge is 0.325 e. The Morgan fingerprint density at radius 1 is 1.19 bits per heavy atom. The molecule has 1 aromatic carbocycles. The van der Waals surface area contributed by atoms with Gasteiger partial charge in [-0.2, -0.15) is 0 Å². The molecule has 0 aliphatic heterocycles. The van der Waals surface area contributed by atoms with E-state index in [4.69, 9.17) is 4.74 Å². The van der Waals surface area contributed by atoms with Crippen molar-refractivity contribution in [3.05, 3.63) is 57.3 Å². The van der Waals surface area contributed by atoms with E-state index >= 15 is 0 Å². The number of esters is 1. The molecule has 0 saturated carbocycles. The SMILES string of the molecule is CCCn1c(C)cc(C(=O)COC(=O)CNC(=O)c2cccc(Br)c2)c1C. The first-order chi connectivity index (χ1) is 12.8. The van der Waals surface area contributed by atoms with Crippen LogP contribution in [-0.4, -0.2) is 35.4 Å². The van der Waals surface area contributed by atoms with E-state index in [2.05, 4.69) is 32.7 Å². The summed E-state index contributed by atoms with van der Waals surface area (Å²) in [5, 5.41) is 2.48. The van der Waals surface area contributed by atoms with Gasteiger partial charge < -0.3 is 14.6 Å². The molecule has 6 nitrogen and oxygen atoms in total. The highest BCUT2D eigenvalue weighted by Gasteiger charge is 2.17. The van der Waals surface area contributed by atoms with E-state index in [-0.39, 0.29) is 24.8 Å². The summed E-state index contributed by atoms with van der Waals surface area (Å²) >= 11 is 3.28. The number of ketones is 1. The summed E-state index contributed by atoms with van der Waals surface area (Å²) in [5.74, 6) is -1.30. The standard InChI is InChI=1S/C20H23BrN2O4/c1-4-8-23-13(2)9-17(14(23)3)18(24)12-27-19(25)11-22-20(26)15-6-5-7-16(21)10-15/h5-7,9-10H,4,8,11-12H2,1-3H3,(H,22,26). The number of nitrogens with zero attached hydrogens (tertiary/aromatic N) is 1. The Bertz CT molecular complexity index is 858. The van der Waals surface area contributed by atoms with E-state index in [0.29, 0.717) is 11.1 Å². The van der Waals surface area contributed by atoms with Crippen molar-refractivity contribution >= 4 is 33.6 Å². The summed E-state index contributed by atoms with van der Waals surface area (Å²) in [5.41, 5.74) is 2.87. The van der Waals surface area contributed by atoms with E-state index in [1.54, 1.807) is 24.3 Å². The number of amides is 1. The van der Waals surface area contributed by atoms with Gasteiger partial charge in [0.05, 0.1) is 0 Å². The van der Waals surface area contributed by atoms with Crippen LogP contribution in [0.2, 0.25) is 0 Å². The number of carbonyl (C=O) groups is 3. The second-order valence-electron chi connectivity index (χ2n) is 6.21. The lowest BCUT2D eigenvalue weighted by molar-refractivity contribution is -0.141. The molecule has 0 fully saturated rings. The average molecular weight is 435 g/mol. The third-order valence-corrected chi connectivity index (χ3v) is 4.66. The highest BCUT2D eigenvalue weighted by Crippen LogP contribution is 2.16. The van der Waals surface area contributed by atoms with Gasteiger partial charge in [0.25, 0.3) is 5.91 Å². The third-order valence-electron chi connectivity index (χ3n) is 4.17. The van der Waals surface area contributed by atoms with Crippen molar-refractivity contribution in [2.24, 2.45) is 0 Å². The summed E-state index contributed by atoms with van der Waals surface area (Å²) < 4.78 is 7.85.